The molecule has 1 aromatic carbocycles. The van der Waals surface area contributed by atoms with Crippen LogP contribution in [0.2, 0.25) is 0 Å². The van der Waals surface area contributed by atoms with E-state index < -0.39 is 0 Å². The standard InChI is InChI=1S/C22H35N3/c1-19-7-2-5-11-22(19)25-15-13-24(14-16-25)21-10-6-12-23(18-21)17-20-8-3-4-9-20/h2,5,7,11,20-21H,3-4,6,8-10,12-18H2,1H3. The van der Waals surface area contributed by atoms with Crippen molar-refractivity contribution in [1.29, 1.82) is 0 Å². The third-order valence-corrected chi connectivity index (χ3v) is 6.76. The summed E-state index contributed by atoms with van der Waals surface area (Å²) < 4.78 is 0. The molecule has 25 heavy (non-hydrogen) atoms. The van der Waals surface area contributed by atoms with Crippen molar-refractivity contribution in [2.45, 2.75) is 51.5 Å². The zero-order valence-corrected chi connectivity index (χ0v) is 16.0. The number of hydrogen-bond donors (Lipinski definition) is 0. The smallest absolute Gasteiger partial charge is 0.0396 e. The van der Waals surface area contributed by atoms with Crippen molar-refractivity contribution in [3.8, 4) is 0 Å². The molecule has 0 amide bonds. The molecule has 3 heteroatoms. The van der Waals surface area contributed by atoms with Crippen LogP contribution in [0.15, 0.2) is 24.3 Å². The molecule has 1 aliphatic carbocycles. The first-order valence-corrected chi connectivity index (χ1v) is 10.6. The fraction of sp³-hybridized carbons (Fsp3) is 0.727. The topological polar surface area (TPSA) is 9.72 Å². The van der Waals surface area contributed by atoms with Gasteiger partial charge in [-0.1, -0.05) is 31.0 Å². The Hall–Kier alpha value is -1.06. The molecule has 2 heterocycles. The lowest BCUT2D eigenvalue weighted by Gasteiger charge is -2.44. The average Bonchev–Trinajstić information content (AvgIpc) is 3.16. The van der Waals surface area contributed by atoms with Gasteiger partial charge < -0.3 is 9.80 Å². The second kappa shape index (κ2) is 8.09. The van der Waals surface area contributed by atoms with Crippen LogP contribution < -0.4 is 4.90 Å². The molecular formula is C22H35N3. The highest BCUT2D eigenvalue weighted by molar-refractivity contribution is 5.53. The Morgan fingerprint density at radius 1 is 0.880 bits per heavy atom. The zero-order chi connectivity index (χ0) is 17.1. The highest BCUT2D eigenvalue weighted by Crippen LogP contribution is 2.28. The van der Waals surface area contributed by atoms with Crippen molar-refractivity contribution in [1.82, 2.24) is 9.80 Å². The van der Waals surface area contributed by atoms with Crippen molar-refractivity contribution in [2.24, 2.45) is 5.92 Å². The first-order valence-electron chi connectivity index (χ1n) is 10.6. The maximum Gasteiger partial charge on any atom is 0.0396 e. The number of para-hydroxylation sites is 1. The van der Waals surface area contributed by atoms with Gasteiger partial charge in [-0.15, -0.1) is 0 Å². The lowest BCUT2D eigenvalue weighted by atomic mass is 10.0. The number of hydrogen-bond acceptors (Lipinski definition) is 3. The van der Waals surface area contributed by atoms with Gasteiger partial charge in [-0.05, 0) is 56.7 Å². The van der Waals surface area contributed by atoms with Gasteiger partial charge >= 0.3 is 0 Å². The molecule has 1 atom stereocenters. The van der Waals surface area contributed by atoms with Gasteiger partial charge in [-0.25, -0.2) is 0 Å². The number of likely N-dealkylation sites (tertiary alicyclic amines) is 1. The molecule has 0 bridgehead atoms. The van der Waals surface area contributed by atoms with E-state index in [0.29, 0.717) is 0 Å². The molecule has 2 saturated heterocycles. The summed E-state index contributed by atoms with van der Waals surface area (Å²) in [6, 6.07) is 9.65. The number of anilines is 1. The van der Waals surface area contributed by atoms with E-state index in [1.165, 1.54) is 95.6 Å². The fourth-order valence-electron chi connectivity index (χ4n) is 5.30. The minimum absolute atomic E-state index is 0.800. The quantitative estimate of drug-likeness (QED) is 0.825. The maximum atomic E-state index is 2.79. The average molecular weight is 342 g/mol. The van der Waals surface area contributed by atoms with Crippen LogP contribution in [-0.2, 0) is 0 Å². The predicted molar refractivity (Wildman–Crippen MR) is 106 cm³/mol. The van der Waals surface area contributed by atoms with Crippen molar-refractivity contribution in [2.75, 3.05) is 50.7 Å². The van der Waals surface area contributed by atoms with Crippen LogP contribution >= 0.6 is 0 Å². The van der Waals surface area contributed by atoms with E-state index in [1.54, 1.807) is 0 Å². The Morgan fingerprint density at radius 2 is 1.64 bits per heavy atom. The number of nitrogens with zero attached hydrogens (tertiary/aromatic N) is 3. The third-order valence-electron chi connectivity index (χ3n) is 6.76. The predicted octanol–water partition coefficient (Wildman–Crippen LogP) is 3.77. The molecule has 0 aromatic heterocycles. The second-order valence-electron chi connectivity index (χ2n) is 8.52. The molecular weight excluding hydrogens is 306 g/mol. The summed E-state index contributed by atoms with van der Waals surface area (Å²) in [4.78, 5) is 8.17. The summed E-state index contributed by atoms with van der Waals surface area (Å²) in [7, 11) is 0. The van der Waals surface area contributed by atoms with Crippen LogP contribution in [0.5, 0.6) is 0 Å². The van der Waals surface area contributed by atoms with Crippen LogP contribution in [0.3, 0.4) is 0 Å². The molecule has 3 fully saturated rings. The molecule has 4 rings (SSSR count). The molecule has 1 aromatic rings. The van der Waals surface area contributed by atoms with Gasteiger partial charge in [0.05, 0.1) is 0 Å². The first-order chi connectivity index (χ1) is 12.3. The molecule has 3 aliphatic rings. The molecule has 138 valence electrons. The molecule has 2 aliphatic heterocycles. The van der Waals surface area contributed by atoms with Crippen molar-refractivity contribution >= 4 is 5.69 Å². The minimum Gasteiger partial charge on any atom is -0.369 e. The summed E-state index contributed by atoms with van der Waals surface area (Å²) >= 11 is 0. The number of piperazine rings is 1. The Morgan fingerprint density at radius 3 is 2.40 bits per heavy atom. The van der Waals surface area contributed by atoms with Gasteiger partial charge in [0.25, 0.3) is 0 Å². The van der Waals surface area contributed by atoms with Crippen LogP contribution in [0.1, 0.15) is 44.1 Å². The van der Waals surface area contributed by atoms with E-state index in [2.05, 4.69) is 45.9 Å². The summed E-state index contributed by atoms with van der Waals surface area (Å²) in [6.45, 7) is 11.1. The third kappa shape index (κ3) is 4.20. The zero-order valence-electron chi connectivity index (χ0n) is 16.0. The van der Waals surface area contributed by atoms with Gasteiger partial charge in [0, 0.05) is 51.0 Å². The van der Waals surface area contributed by atoms with E-state index >= 15 is 0 Å². The number of aryl methyl sites for hydroxylation is 1. The Balaban J connectivity index is 1.29. The van der Waals surface area contributed by atoms with Crippen molar-refractivity contribution < 1.29 is 0 Å². The number of benzene rings is 1. The molecule has 0 spiro atoms. The number of piperidine rings is 1. The second-order valence-corrected chi connectivity index (χ2v) is 8.52. The van der Waals surface area contributed by atoms with E-state index in [1.807, 2.05) is 0 Å². The van der Waals surface area contributed by atoms with Crippen LogP contribution in [0.4, 0.5) is 5.69 Å². The summed E-state index contributed by atoms with van der Waals surface area (Å²) in [5.74, 6) is 0.997. The monoisotopic (exact) mass is 341 g/mol. The Labute approximate surface area is 154 Å². The maximum absolute atomic E-state index is 2.79. The van der Waals surface area contributed by atoms with Gasteiger partial charge in [-0.3, -0.25) is 4.90 Å². The Bertz CT molecular complexity index is 544. The van der Waals surface area contributed by atoms with Crippen molar-refractivity contribution in [3.05, 3.63) is 29.8 Å². The lowest BCUT2D eigenvalue weighted by molar-refractivity contribution is 0.0837. The highest BCUT2D eigenvalue weighted by Gasteiger charge is 2.29. The van der Waals surface area contributed by atoms with Gasteiger partial charge in [0.2, 0.25) is 0 Å². The molecule has 1 unspecified atom stereocenters. The van der Waals surface area contributed by atoms with Gasteiger partial charge in [0.1, 0.15) is 0 Å². The summed E-state index contributed by atoms with van der Waals surface area (Å²) in [5, 5.41) is 0. The largest absolute Gasteiger partial charge is 0.369 e. The van der Waals surface area contributed by atoms with E-state index in [4.69, 9.17) is 0 Å². The highest BCUT2D eigenvalue weighted by atomic mass is 15.3. The fourth-order valence-corrected chi connectivity index (χ4v) is 5.30. The van der Waals surface area contributed by atoms with Crippen molar-refractivity contribution in [3.63, 3.8) is 0 Å². The van der Waals surface area contributed by atoms with Crippen LogP contribution in [0.25, 0.3) is 0 Å². The SMILES string of the molecule is Cc1ccccc1N1CCN(C2CCCN(CC3CCCC3)C2)CC1. The van der Waals surface area contributed by atoms with Gasteiger partial charge in [-0.2, -0.15) is 0 Å². The van der Waals surface area contributed by atoms with Crippen LogP contribution in [-0.4, -0.2) is 61.7 Å². The Kier molecular flexibility index (Phi) is 5.62. The van der Waals surface area contributed by atoms with E-state index in [0.717, 1.165) is 12.0 Å². The first kappa shape index (κ1) is 17.4. The molecule has 0 N–H and O–H groups in total. The molecule has 0 radical (unpaired) electrons. The van der Waals surface area contributed by atoms with E-state index in [-0.39, 0.29) is 0 Å². The normalized spacial score (nSPS) is 27.1. The molecule has 1 saturated carbocycles. The van der Waals surface area contributed by atoms with Gasteiger partial charge in [0.15, 0.2) is 0 Å². The van der Waals surface area contributed by atoms with Crippen LogP contribution in [0, 0.1) is 12.8 Å². The lowest BCUT2D eigenvalue weighted by Crippen LogP contribution is -2.55. The van der Waals surface area contributed by atoms with E-state index in [9.17, 15) is 0 Å². The summed E-state index contributed by atoms with van der Waals surface area (Å²) in [6.07, 6.45) is 8.72. The molecule has 3 nitrogen and oxygen atoms in total. The summed E-state index contributed by atoms with van der Waals surface area (Å²) in [5.41, 5.74) is 2.85. The minimum atomic E-state index is 0.800. The number of rotatable bonds is 4.